The highest BCUT2D eigenvalue weighted by Crippen LogP contribution is 2.28. The van der Waals surface area contributed by atoms with Crippen molar-refractivity contribution in [3.05, 3.63) is 59.7 Å². The van der Waals surface area contributed by atoms with Crippen LogP contribution in [0.15, 0.2) is 53.5 Å². The predicted molar refractivity (Wildman–Crippen MR) is 122 cm³/mol. The Bertz CT molecular complexity index is 708. The molecular weight excluding hydrogens is 453 g/mol. The number of nitrogens with one attached hydrogen (secondary N) is 1. The normalized spacial score (nSPS) is 12.0. The lowest BCUT2D eigenvalue weighted by atomic mass is 10.0. The van der Waals surface area contributed by atoms with Crippen LogP contribution in [-0.4, -0.2) is 33.3 Å². The van der Waals surface area contributed by atoms with E-state index in [0.717, 1.165) is 30.9 Å². The minimum atomic E-state index is 0. The van der Waals surface area contributed by atoms with Crippen molar-refractivity contribution in [3.8, 4) is 11.5 Å². The molecule has 0 fully saturated rings. The van der Waals surface area contributed by atoms with Crippen molar-refractivity contribution in [1.29, 1.82) is 0 Å². The summed E-state index contributed by atoms with van der Waals surface area (Å²) in [5, 5.41) is 3.17. The van der Waals surface area contributed by atoms with Crippen LogP contribution in [0, 0.1) is 5.92 Å². The molecule has 0 heterocycles. The van der Waals surface area contributed by atoms with E-state index in [9.17, 15) is 0 Å². The second-order valence-corrected chi connectivity index (χ2v) is 6.39. The highest BCUT2D eigenvalue weighted by molar-refractivity contribution is 14.0. The fourth-order valence-electron chi connectivity index (χ4n) is 2.76. The number of guanidine groups is 1. The number of ether oxygens (including phenoxy) is 2. The summed E-state index contributed by atoms with van der Waals surface area (Å²) < 4.78 is 10.6. The fraction of sp³-hybridized carbons (Fsp3) is 0.381. The van der Waals surface area contributed by atoms with Gasteiger partial charge in [-0.1, -0.05) is 43.3 Å². The van der Waals surface area contributed by atoms with Crippen LogP contribution in [-0.2, 0) is 12.8 Å². The first-order valence-electron chi connectivity index (χ1n) is 8.91. The van der Waals surface area contributed by atoms with Crippen LogP contribution in [0.3, 0.4) is 0 Å². The van der Waals surface area contributed by atoms with E-state index in [1.165, 1.54) is 11.1 Å². The van der Waals surface area contributed by atoms with Crippen molar-refractivity contribution in [3.63, 3.8) is 0 Å². The van der Waals surface area contributed by atoms with Crippen LogP contribution in [0.5, 0.6) is 11.5 Å². The van der Waals surface area contributed by atoms with Crippen molar-refractivity contribution >= 4 is 29.9 Å². The summed E-state index contributed by atoms with van der Waals surface area (Å²) >= 11 is 0. The molecule has 5 nitrogen and oxygen atoms in total. The van der Waals surface area contributed by atoms with Gasteiger partial charge in [0.25, 0.3) is 0 Å². The van der Waals surface area contributed by atoms with E-state index in [-0.39, 0.29) is 24.0 Å². The Kier molecular flexibility index (Phi) is 10.6. The van der Waals surface area contributed by atoms with Crippen LogP contribution in [0.2, 0.25) is 0 Å². The van der Waals surface area contributed by atoms with Crippen molar-refractivity contribution in [2.45, 2.75) is 19.8 Å². The van der Waals surface area contributed by atoms with Crippen LogP contribution < -0.4 is 20.5 Å². The summed E-state index contributed by atoms with van der Waals surface area (Å²) in [7, 11) is 3.29. The maximum Gasteiger partial charge on any atom is 0.188 e. The zero-order chi connectivity index (χ0) is 18.8. The first-order valence-corrected chi connectivity index (χ1v) is 8.91. The second kappa shape index (κ2) is 12.4. The molecule has 0 bridgehead atoms. The Morgan fingerprint density at radius 1 is 1.04 bits per heavy atom. The van der Waals surface area contributed by atoms with Gasteiger partial charge in [-0.2, -0.15) is 0 Å². The van der Waals surface area contributed by atoms with Gasteiger partial charge in [-0.15, -0.1) is 24.0 Å². The third-order valence-electron chi connectivity index (χ3n) is 4.17. The van der Waals surface area contributed by atoms with Gasteiger partial charge in [0.15, 0.2) is 17.5 Å². The number of rotatable bonds is 9. The quantitative estimate of drug-likeness (QED) is 0.325. The first-order chi connectivity index (χ1) is 12.6. The lowest BCUT2D eigenvalue weighted by molar-refractivity contribution is 0.354. The fourth-order valence-corrected chi connectivity index (χ4v) is 2.76. The van der Waals surface area contributed by atoms with E-state index in [2.05, 4.69) is 35.4 Å². The minimum Gasteiger partial charge on any atom is -0.493 e. The molecule has 2 rings (SSSR count). The molecule has 0 aliphatic rings. The molecule has 0 radical (unpaired) electrons. The van der Waals surface area contributed by atoms with Gasteiger partial charge in [0, 0.05) is 13.1 Å². The molecule has 0 spiro atoms. The highest BCUT2D eigenvalue weighted by Gasteiger charge is 2.08. The second-order valence-electron chi connectivity index (χ2n) is 6.39. The van der Waals surface area contributed by atoms with E-state index < -0.39 is 0 Å². The van der Waals surface area contributed by atoms with Crippen molar-refractivity contribution in [1.82, 2.24) is 5.32 Å². The number of hydrogen-bond donors (Lipinski definition) is 2. The van der Waals surface area contributed by atoms with Gasteiger partial charge in [-0.25, -0.2) is 0 Å². The summed E-state index contributed by atoms with van der Waals surface area (Å²) in [4.78, 5) is 4.46. The van der Waals surface area contributed by atoms with E-state index in [1.54, 1.807) is 14.2 Å². The molecule has 148 valence electrons. The smallest absolute Gasteiger partial charge is 0.188 e. The number of benzene rings is 2. The van der Waals surface area contributed by atoms with Crippen LogP contribution in [0.25, 0.3) is 0 Å². The van der Waals surface area contributed by atoms with E-state index >= 15 is 0 Å². The third kappa shape index (κ3) is 8.07. The summed E-state index contributed by atoms with van der Waals surface area (Å²) in [5.74, 6) is 2.37. The van der Waals surface area contributed by atoms with Crippen molar-refractivity contribution in [2.75, 3.05) is 27.3 Å². The number of nitrogens with two attached hydrogens (primary N) is 1. The molecule has 2 aromatic carbocycles. The Labute approximate surface area is 179 Å². The predicted octanol–water partition coefficient (Wildman–Crippen LogP) is 3.65. The molecule has 27 heavy (non-hydrogen) atoms. The molecule has 1 unspecified atom stereocenters. The maximum atomic E-state index is 5.97. The van der Waals surface area contributed by atoms with Crippen molar-refractivity contribution in [2.24, 2.45) is 16.6 Å². The topological polar surface area (TPSA) is 68.9 Å². The monoisotopic (exact) mass is 483 g/mol. The number of halogens is 1. The Morgan fingerprint density at radius 2 is 1.74 bits per heavy atom. The van der Waals surface area contributed by atoms with Gasteiger partial charge in [0.05, 0.1) is 14.2 Å². The summed E-state index contributed by atoms with van der Waals surface area (Å²) in [5.41, 5.74) is 8.45. The van der Waals surface area contributed by atoms with E-state index in [0.29, 0.717) is 18.4 Å². The number of methoxy groups -OCH3 is 2. The zero-order valence-corrected chi connectivity index (χ0v) is 18.6. The van der Waals surface area contributed by atoms with Crippen molar-refractivity contribution < 1.29 is 9.47 Å². The molecular formula is C21H30IN3O2. The summed E-state index contributed by atoms with van der Waals surface area (Å²) in [6.45, 7) is 3.62. The SMILES string of the molecule is COc1ccc(CC(C)CN=C(N)NCCc2ccccc2)cc1OC.I. The lowest BCUT2D eigenvalue weighted by Crippen LogP contribution is -2.33. The van der Waals surface area contributed by atoms with Gasteiger partial charge in [0.1, 0.15) is 0 Å². The number of hydrogen-bond acceptors (Lipinski definition) is 3. The lowest BCUT2D eigenvalue weighted by Gasteiger charge is -2.13. The average molecular weight is 483 g/mol. The molecule has 0 saturated carbocycles. The van der Waals surface area contributed by atoms with Gasteiger partial charge in [-0.05, 0) is 42.0 Å². The first kappa shape index (κ1) is 23.1. The molecule has 2 aromatic rings. The molecule has 1 atom stereocenters. The zero-order valence-electron chi connectivity index (χ0n) is 16.3. The number of aliphatic imine (C=N–C) groups is 1. The van der Waals surface area contributed by atoms with Crippen LogP contribution >= 0.6 is 24.0 Å². The average Bonchev–Trinajstić information content (AvgIpc) is 2.67. The summed E-state index contributed by atoms with van der Waals surface area (Å²) in [6.07, 6.45) is 1.83. The largest absolute Gasteiger partial charge is 0.493 e. The molecule has 3 N–H and O–H groups in total. The van der Waals surface area contributed by atoms with Gasteiger partial charge in [0.2, 0.25) is 0 Å². The Balaban J connectivity index is 0.00000364. The Hall–Kier alpha value is -1.96. The molecule has 6 heteroatoms. The molecule has 0 aliphatic heterocycles. The molecule has 0 aliphatic carbocycles. The van der Waals surface area contributed by atoms with Gasteiger partial charge >= 0.3 is 0 Å². The summed E-state index contributed by atoms with van der Waals surface area (Å²) in [6, 6.07) is 16.3. The van der Waals surface area contributed by atoms with E-state index in [4.69, 9.17) is 15.2 Å². The van der Waals surface area contributed by atoms with Gasteiger partial charge in [-0.3, -0.25) is 4.99 Å². The van der Waals surface area contributed by atoms with Crippen LogP contribution in [0.1, 0.15) is 18.1 Å². The maximum absolute atomic E-state index is 5.97. The standard InChI is InChI=1S/C21H29N3O2.HI/c1-16(13-18-9-10-19(25-2)20(14-18)26-3)15-24-21(22)23-12-11-17-7-5-4-6-8-17;/h4-10,14,16H,11-13,15H2,1-3H3,(H3,22,23,24);1H. The third-order valence-corrected chi connectivity index (χ3v) is 4.17. The molecule has 0 amide bonds. The Morgan fingerprint density at radius 3 is 2.41 bits per heavy atom. The highest BCUT2D eigenvalue weighted by atomic mass is 127. The van der Waals surface area contributed by atoms with Gasteiger partial charge < -0.3 is 20.5 Å². The van der Waals surface area contributed by atoms with Crippen LogP contribution in [0.4, 0.5) is 0 Å². The van der Waals surface area contributed by atoms with E-state index in [1.807, 2.05) is 30.3 Å². The number of nitrogens with zero attached hydrogens (tertiary/aromatic N) is 1. The molecule has 0 saturated heterocycles. The minimum absolute atomic E-state index is 0. The molecule has 0 aromatic heterocycles.